The summed E-state index contributed by atoms with van der Waals surface area (Å²) >= 11 is 0. The van der Waals surface area contributed by atoms with E-state index in [0.29, 0.717) is 12.3 Å². The van der Waals surface area contributed by atoms with Gasteiger partial charge in [-0.25, -0.2) is 0 Å². The molecule has 3 heteroatoms. The molecule has 0 aliphatic carbocycles. The van der Waals surface area contributed by atoms with Crippen LogP contribution in [0, 0.1) is 5.92 Å². The second kappa shape index (κ2) is 5.89. The molecule has 11 heavy (non-hydrogen) atoms. The number of amides is 1. The molecule has 1 unspecified atom stereocenters. The van der Waals surface area contributed by atoms with E-state index in [0.717, 1.165) is 19.1 Å². The summed E-state index contributed by atoms with van der Waals surface area (Å²) in [5.41, 5.74) is 0. The highest BCUT2D eigenvalue weighted by Gasteiger charge is 2.05. The van der Waals surface area contributed by atoms with Gasteiger partial charge in [0.15, 0.2) is 0 Å². The average molecular weight is 157 g/mol. The van der Waals surface area contributed by atoms with E-state index in [1.165, 1.54) is 0 Å². The summed E-state index contributed by atoms with van der Waals surface area (Å²) in [6.07, 6.45) is 3.04. The molecule has 0 rings (SSSR count). The Balaban J connectivity index is 3.51. The second-order valence-electron chi connectivity index (χ2n) is 3.00. The van der Waals surface area contributed by atoms with Crippen molar-refractivity contribution < 1.29 is 9.59 Å². The first-order valence-corrected chi connectivity index (χ1v) is 3.85. The lowest BCUT2D eigenvalue weighted by Gasteiger charge is -2.09. The molecule has 1 amide bonds. The molecule has 0 spiro atoms. The monoisotopic (exact) mass is 157 g/mol. The molecular formula is C8H15NO2. The number of carbonyl (C=O) groups is 2. The van der Waals surface area contributed by atoms with Gasteiger partial charge in [-0.1, -0.05) is 13.8 Å². The zero-order chi connectivity index (χ0) is 8.69. The number of hydrogen-bond acceptors (Lipinski definition) is 2. The van der Waals surface area contributed by atoms with Crippen molar-refractivity contribution in [2.45, 2.75) is 32.7 Å². The predicted octanol–water partition coefficient (Wildman–Crippen LogP) is 0.736. The quantitative estimate of drug-likeness (QED) is 0.578. The Hall–Kier alpha value is -0.860. The van der Waals surface area contributed by atoms with Crippen LogP contribution in [0.3, 0.4) is 0 Å². The van der Waals surface area contributed by atoms with Gasteiger partial charge in [-0.15, -0.1) is 0 Å². The molecule has 1 N–H and O–H groups in total. The maximum absolute atomic E-state index is 10.3. The number of hydrogen-bond donors (Lipinski definition) is 1. The minimum absolute atomic E-state index is 0.296. The Morgan fingerprint density at radius 2 is 1.91 bits per heavy atom. The van der Waals surface area contributed by atoms with Crippen molar-refractivity contribution in [3.63, 3.8) is 0 Å². The fourth-order valence-electron chi connectivity index (χ4n) is 0.791. The van der Waals surface area contributed by atoms with Gasteiger partial charge in [0.25, 0.3) is 0 Å². The summed E-state index contributed by atoms with van der Waals surface area (Å²) in [4.78, 5) is 20.2. The normalized spacial score (nSPS) is 12.6. The Morgan fingerprint density at radius 1 is 1.27 bits per heavy atom. The van der Waals surface area contributed by atoms with Crippen LogP contribution < -0.4 is 5.32 Å². The molecule has 0 bridgehead atoms. The fourth-order valence-corrected chi connectivity index (χ4v) is 0.791. The molecule has 0 radical (unpaired) electrons. The Morgan fingerprint density at radius 3 is 2.27 bits per heavy atom. The highest BCUT2D eigenvalue weighted by molar-refractivity contribution is 5.63. The van der Waals surface area contributed by atoms with Crippen LogP contribution in [-0.2, 0) is 9.59 Å². The van der Waals surface area contributed by atoms with Gasteiger partial charge in [0.05, 0.1) is 6.04 Å². The SMILES string of the molecule is CC(C)CCC(C=O)NC=O. The fraction of sp³-hybridized carbons (Fsp3) is 0.750. The van der Waals surface area contributed by atoms with Crippen molar-refractivity contribution in [1.29, 1.82) is 0 Å². The van der Waals surface area contributed by atoms with E-state index >= 15 is 0 Å². The van der Waals surface area contributed by atoms with Crippen LogP contribution in [0.2, 0.25) is 0 Å². The van der Waals surface area contributed by atoms with Gasteiger partial charge in [0.2, 0.25) is 6.41 Å². The minimum atomic E-state index is -0.296. The lowest BCUT2D eigenvalue weighted by molar-refractivity contribution is -0.115. The van der Waals surface area contributed by atoms with Crippen LogP contribution in [0.15, 0.2) is 0 Å². The molecule has 1 atom stereocenters. The van der Waals surface area contributed by atoms with Crippen LogP contribution >= 0.6 is 0 Å². The van der Waals surface area contributed by atoms with Crippen LogP contribution in [0.25, 0.3) is 0 Å². The maximum atomic E-state index is 10.3. The van der Waals surface area contributed by atoms with E-state index in [2.05, 4.69) is 19.2 Å². The standard InChI is InChI=1S/C8H15NO2/c1-7(2)3-4-8(5-10)9-6-11/h5-8H,3-4H2,1-2H3,(H,9,11). The summed E-state index contributed by atoms with van der Waals surface area (Å²) < 4.78 is 0. The average Bonchev–Trinajstić information content (AvgIpc) is 1.97. The molecule has 0 heterocycles. The van der Waals surface area contributed by atoms with Crippen LogP contribution in [0.5, 0.6) is 0 Å². The zero-order valence-corrected chi connectivity index (χ0v) is 7.04. The van der Waals surface area contributed by atoms with Crippen LogP contribution in [0.4, 0.5) is 0 Å². The highest BCUT2D eigenvalue weighted by Crippen LogP contribution is 2.04. The highest BCUT2D eigenvalue weighted by atomic mass is 16.1. The van der Waals surface area contributed by atoms with Crippen molar-refractivity contribution >= 4 is 12.7 Å². The molecule has 0 saturated carbocycles. The summed E-state index contributed by atoms with van der Waals surface area (Å²) in [7, 11) is 0. The molecule has 0 aliphatic rings. The minimum Gasteiger partial charge on any atom is -0.349 e. The summed E-state index contributed by atoms with van der Waals surface area (Å²) in [5.74, 6) is 0.575. The largest absolute Gasteiger partial charge is 0.349 e. The lowest BCUT2D eigenvalue weighted by atomic mass is 10.0. The first-order chi connectivity index (χ1) is 5.20. The molecule has 0 aromatic carbocycles. The van der Waals surface area contributed by atoms with Crippen LogP contribution in [-0.4, -0.2) is 18.7 Å². The first-order valence-electron chi connectivity index (χ1n) is 3.85. The summed E-state index contributed by atoms with van der Waals surface area (Å²) in [6.45, 7) is 4.17. The smallest absolute Gasteiger partial charge is 0.207 e. The molecule has 0 aromatic heterocycles. The molecular weight excluding hydrogens is 142 g/mol. The third-order valence-corrected chi connectivity index (χ3v) is 1.50. The van der Waals surface area contributed by atoms with Crippen LogP contribution in [0.1, 0.15) is 26.7 Å². The number of carbonyl (C=O) groups excluding carboxylic acids is 2. The van der Waals surface area contributed by atoms with Gasteiger partial charge in [0, 0.05) is 0 Å². The maximum Gasteiger partial charge on any atom is 0.207 e. The summed E-state index contributed by atoms with van der Waals surface area (Å²) in [5, 5.41) is 2.44. The molecule has 0 fully saturated rings. The van der Waals surface area contributed by atoms with E-state index in [4.69, 9.17) is 0 Å². The number of rotatable bonds is 6. The van der Waals surface area contributed by atoms with Crippen molar-refractivity contribution in [1.82, 2.24) is 5.32 Å². The summed E-state index contributed by atoms with van der Waals surface area (Å²) in [6, 6.07) is -0.296. The van der Waals surface area contributed by atoms with Crippen molar-refractivity contribution in [2.24, 2.45) is 5.92 Å². The lowest BCUT2D eigenvalue weighted by Crippen LogP contribution is -2.29. The van der Waals surface area contributed by atoms with E-state index in [9.17, 15) is 9.59 Å². The zero-order valence-electron chi connectivity index (χ0n) is 7.04. The van der Waals surface area contributed by atoms with Gasteiger partial charge in [-0.3, -0.25) is 4.79 Å². The van der Waals surface area contributed by atoms with E-state index < -0.39 is 0 Å². The Bertz CT molecular complexity index is 123. The Labute approximate surface area is 67.2 Å². The number of nitrogens with one attached hydrogen (secondary N) is 1. The first kappa shape index (κ1) is 10.1. The predicted molar refractivity (Wildman–Crippen MR) is 43.1 cm³/mol. The molecule has 64 valence electrons. The molecule has 0 saturated heterocycles. The third kappa shape index (κ3) is 5.58. The van der Waals surface area contributed by atoms with Crippen molar-refractivity contribution in [2.75, 3.05) is 0 Å². The van der Waals surface area contributed by atoms with Gasteiger partial charge in [-0.05, 0) is 18.8 Å². The van der Waals surface area contributed by atoms with E-state index in [1.807, 2.05) is 0 Å². The second-order valence-corrected chi connectivity index (χ2v) is 3.00. The van der Waals surface area contributed by atoms with Gasteiger partial charge >= 0.3 is 0 Å². The van der Waals surface area contributed by atoms with Crippen molar-refractivity contribution in [3.05, 3.63) is 0 Å². The third-order valence-electron chi connectivity index (χ3n) is 1.50. The van der Waals surface area contributed by atoms with Crippen molar-refractivity contribution in [3.8, 4) is 0 Å². The van der Waals surface area contributed by atoms with E-state index in [-0.39, 0.29) is 6.04 Å². The van der Waals surface area contributed by atoms with Gasteiger partial charge < -0.3 is 10.1 Å². The molecule has 0 aromatic rings. The molecule has 0 aliphatic heterocycles. The topological polar surface area (TPSA) is 46.2 Å². The Kier molecular flexibility index (Phi) is 5.43. The molecule has 3 nitrogen and oxygen atoms in total. The van der Waals surface area contributed by atoms with Gasteiger partial charge in [0.1, 0.15) is 6.29 Å². The van der Waals surface area contributed by atoms with Gasteiger partial charge in [-0.2, -0.15) is 0 Å². The number of aldehydes is 1. The van der Waals surface area contributed by atoms with E-state index in [1.54, 1.807) is 0 Å².